The van der Waals surface area contributed by atoms with Crippen LogP contribution in [-0.2, 0) is 0 Å². The number of benzene rings is 6. The molecule has 0 aliphatic carbocycles. The van der Waals surface area contributed by atoms with Gasteiger partial charge in [0.2, 0.25) is 0 Å². The maximum absolute atomic E-state index is 9.40. The second-order valence-electron chi connectivity index (χ2n) is 10.1. The molecule has 0 bridgehead atoms. The molecule has 0 amide bonds. The fraction of sp³-hybridized carbons (Fsp3) is 0.0769. The average Bonchev–Trinajstić information content (AvgIpc) is 3.79. The number of rotatable bonds is 4. The van der Waals surface area contributed by atoms with Gasteiger partial charge in [-0.2, -0.15) is 0 Å². The Morgan fingerprint density at radius 1 is 0.452 bits per heavy atom. The Labute approximate surface area is 279 Å². The maximum Gasteiger partial charge on any atom is 0.112 e. The quantitative estimate of drug-likeness (QED) is 0.184. The van der Waals surface area contributed by atoms with Crippen molar-refractivity contribution in [2.45, 2.75) is 20.0 Å². The van der Waals surface area contributed by atoms with Crippen molar-refractivity contribution in [1.82, 2.24) is 9.13 Å². The summed E-state index contributed by atoms with van der Waals surface area (Å²) >= 11 is 0. The lowest BCUT2D eigenvalue weighted by Crippen LogP contribution is -2.52. The Morgan fingerprint density at radius 2 is 0.857 bits per heavy atom. The fourth-order valence-corrected chi connectivity index (χ4v) is 6.92. The molecule has 6 aromatic carbocycles. The van der Waals surface area contributed by atoms with Crippen LogP contribution in [0, 0.1) is 6.92 Å². The zero-order valence-electron chi connectivity index (χ0n) is 45.4. The number of nitrogens with zero attached hydrogens (tertiary/aromatic N) is 2. The molecule has 0 radical (unpaired) electrons. The van der Waals surface area contributed by atoms with E-state index in [1.54, 1.807) is 0 Å². The van der Waals surface area contributed by atoms with Crippen LogP contribution in [0.5, 0.6) is 0 Å². The molecule has 0 saturated carbocycles. The van der Waals surface area contributed by atoms with Gasteiger partial charge in [-0.1, -0.05) is 120 Å². The van der Waals surface area contributed by atoms with Gasteiger partial charge in [-0.25, -0.2) is 0 Å². The highest BCUT2D eigenvalue weighted by molar-refractivity contribution is 7.00. The largest absolute Gasteiger partial charge is 0.309 e. The van der Waals surface area contributed by atoms with Crippen LogP contribution in [0.1, 0.15) is 37.1 Å². The third kappa shape index (κ3) is 3.63. The van der Waals surface area contributed by atoms with E-state index >= 15 is 0 Å². The van der Waals surface area contributed by atoms with Crippen molar-refractivity contribution in [3.63, 3.8) is 0 Å². The van der Waals surface area contributed by atoms with Gasteiger partial charge in [-0.15, -0.1) is 0 Å². The van der Waals surface area contributed by atoms with Gasteiger partial charge in [0.15, 0.2) is 0 Å². The van der Waals surface area contributed by atoms with E-state index in [1.807, 2.05) is 0 Å². The van der Waals surface area contributed by atoms with Gasteiger partial charge in [0.25, 0.3) is 0 Å². The Morgan fingerprint density at radius 3 is 1.38 bits per heavy atom. The Hall–Kier alpha value is -4.86. The van der Waals surface area contributed by atoms with Crippen molar-refractivity contribution in [3.05, 3.63) is 145 Å². The SMILES string of the molecule is [2H]c1c([2H])c([Si](C)(C)c2c([2H])c([2H])c(-n3c4c([2H])c([2H])c([2H])c([2H])c4c4c([2H])c([2H])c([2H])c(C)c43)c([2H])c2[2H])c([2H])c([2H])c1-n1c2c([2H])c([2H])c([2H])c([2H])c2c2c([2H])c([2H])c([2H])c([2H])c21. The van der Waals surface area contributed by atoms with E-state index in [0.29, 0.717) is 0 Å². The molecule has 0 atom stereocenters. The molecule has 2 nitrogen and oxygen atoms in total. The molecule has 0 aliphatic rings. The highest BCUT2D eigenvalue weighted by Gasteiger charge is 2.26. The van der Waals surface area contributed by atoms with E-state index in [-0.39, 0.29) is 48.5 Å². The molecule has 0 aliphatic heterocycles. The maximum atomic E-state index is 9.40. The number of hydrogen-bond donors (Lipinski definition) is 0. The first-order valence-corrected chi connectivity index (χ1v) is 15.8. The number of aryl methyl sites for hydroxylation is 1. The summed E-state index contributed by atoms with van der Waals surface area (Å²) in [6, 6.07) is -16.2. The molecule has 0 N–H and O–H groups in total. The summed E-state index contributed by atoms with van der Waals surface area (Å²) in [5.41, 5.74) is -2.53. The lowest BCUT2D eigenvalue weighted by atomic mass is 10.1. The van der Waals surface area contributed by atoms with Crippen molar-refractivity contribution >= 4 is 62.1 Å². The highest BCUT2D eigenvalue weighted by atomic mass is 28.3. The van der Waals surface area contributed by atoms with E-state index in [2.05, 4.69) is 0 Å². The highest BCUT2D eigenvalue weighted by Crippen LogP contribution is 2.34. The first kappa shape index (κ1) is 10.8. The van der Waals surface area contributed by atoms with Crippen molar-refractivity contribution in [3.8, 4) is 11.4 Å². The average molecular weight is 580 g/mol. The molecule has 0 saturated heterocycles. The number of hydrogen-bond acceptors (Lipinski definition) is 0. The summed E-state index contributed by atoms with van der Waals surface area (Å²) in [5, 5.41) is -1.77. The summed E-state index contributed by atoms with van der Waals surface area (Å²) in [6.45, 7) is 4.32. The molecule has 0 spiro atoms. The standard InChI is InChI=1S/C39H32N2Si/c1-27-11-10-15-35-34-14-6-9-18-38(34)41(39(27)35)29-21-25-31(26-22-29)42(2,3)30-23-19-28(20-24-30)40-36-16-7-4-12-32(36)33-13-5-8-17-37(33)40/h4-26H,1-3H3/i4D,5D,6D,7D,8D,9D,10D,11D,12D,13D,14D,15D,16D,17D,18D,19D,20D,21D,22D,23D,24D,25D,26D. The Balaban J connectivity index is 1.46. The topological polar surface area (TPSA) is 9.86 Å². The summed E-state index contributed by atoms with van der Waals surface area (Å²) in [4.78, 5) is 0. The minimum absolute atomic E-state index is 0.00262. The zero-order chi connectivity index (χ0) is 48.4. The van der Waals surface area contributed by atoms with Gasteiger partial charge in [0.1, 0.15) is 8.07 Å². The van der Waals surface area contributed by atoms with Gasteiger partial charge in [-0.3, -0.25) is 0 Å². The predicted octanol–water partition coefficient (Wildman–Crippen LogP) is 9.01. The van der Waals surface area contributed by atoms with E-state index in [1.165, 1.54) is 20.0 Å². The molecule has 42 heavy (non-hydrogen) atoms. The molecule has 8 rings (SSSR count). The molecule has 3 heteroatoms. The van der Waals surface area contributed by atoms with Crippen LogP contribution in [0.15, 0.2) is 139 Å². The lowest BCUT2D eigenvalue weighted by Gasteiger charge is -2.24. The van der Waals surface area contributed by atoms with Crippen LogP contribution in [0.3, 0.4) is 0 Å². The molecule has 2 heterocycles. The molecule has 0 unspecified atom stereocenters. The first-order valence-electron chi connectivity index (χ1n) is 24.3. The van der Waals surface area contributed by atoms with Crippen molar-refractivity contribution in [2.75, 3.05) is 0 Å². The molecule has 0 fully saturated rings. The molecule has 2 aromatic heterocycles. The van der Waals surface area contributed by atoms with Crippen molar-refractivity contribution in [1.29, 1.82) is 0 Å². The molecule has 8 aromatic rings. The van der Waals surface area contributed by atoms with Crippen molar-refractivity contribution < 1.29 is 31.5 Å². The van der Waals surface area contributed by atoms with Gasteiger partial charge < -0.3 is 9.13 Å². The number of para-hydroxylation sites is 4. The van der Waals surface area contributed by atoms with Gasteiger partial charge in [0, 0.05) is 32.9 Å². The van der Waals surface area contributed by atoms with Crippen LogP contribution in [0.25, 0.3) is 55.0 Å². The summed E-state index contributed by atoms with van der Waals surface area (Å²) in [7, 11) is -4.03. The monoisotopic (exact) mass is 579 g/mol. The Kier molecular flexibility index (Phi) is 2.39. The van der Waals surface area contributed by atoms with Crippen molar-refractivity contribution in [2.24, 2.45) is 0 Å². The second kappa shape index (κ2) is 9.33. The fourth-order valence-electron chi connectivity index (χ4n) is 5.17. The smallest absolute Gasteiger partial charge is 0.112 e. The minimum Gasteiger partial charge on any atom is -0.309 e. The van der Waals surface area contributed by atoms with Crippen LogP contribution < -0.4 is 10.4 Å². The van der Waals surface area contributed by atoms with Crippen LogP contribution in [0.4, 0.5) is 0 Å². The number of fused-ring (bicyclic) bond motifs is 6. The third-order valence-electron chi connectivity index (χ3n) is 7.35. The van der Waals surface area contributed by atoms with Gasteiger partial charge in [-0.05, 0) is 54.8 Å². The van der Waals surface area contributed by atoms with E-state index in [9.17, 15) is 11.0 Å². The van der Waals surface area contributed by atoms with Crippen LogP contribution in [0.2, 0.25) is 13.1 Å². The van der Waals surface area contributed by atoms with Crippen LogP contribution in [-0.4, -0.2) is 17.2 Å². The normalized spacial score (nSPS) is 19.8. The van der Waals surface area contributed by atoms with Gasteiger partial charge in [0.05, 0.1) is 53.6 Å². The third-order valence-corrected chi connectivity index (χ3v) is 10.3. The first-order chi connectivity index (χ1) is 30.1. The molecule has 202 valence electrons. The minimum atomic E-state index is -4.03. The number of aromatic nitrogens is 2. The lowest BCUT2D eigenvalue weighted by molar-refractivity contribution is 1.17. The van der Waals surface area contributed by atoms with Crippen LogP contribution >= 0.6 is 0 Å². The molecular weight excluding hydrogens is 525 g/mol. The van der Waals surface area contributed by atoms with E-state index in [4.69, 9.17) is 20.6 Å². The summed E-state index contributed by atoms with van der Waals surface area (Å²) in [6.07, 6.45) is 0. The predicted molar refractivity (Wildman–Crippen MR) is 183 cm³/mol. The zero-order valence-corrected chi connectivity index (χ0v) is 23.4. The summed E-state index contributed by atoms with van der Waals surface area (Å²) in [5.74, 6) is 0. The van der Waals surface area contributed by atoms with E-state index in [0.717, 1.165) is 9.13 Å². The molecular formula is C39H32N2Si. The second-order valence-corrected chi connectivity index (χ2v) is 14.4. The summed E-state index contributed by atoms with van der Waals surface area (Å²) < 4.78 is 206. The van der Waals surface area contributed by atoms with E-state index < -0.39 is 169 Å². The Bertz CT molecular complexity index is 3130. The van der Waals surface area contributed by atoms with Gasteiger partial charge >= 0.3 is 0 Å².